The van der Waals surface area contributed by atoms with Crippen molar-refractivity contribution in [2.45, 2.75) is 46.6 Å². The Labute approximate surface area is 94.6 Å². The Balaban J connectivity index is 3.86. The van der Waals surface area contributed by atoms with E-state index < -0.39 is 9.84 Å². The Kier molecular flexibility index (Phi) is 7.18. The smallest absolute Gasteiger partial charge is 0.151 e. The monoisotopic (exact) mass is 235 g/mol. The molecular weight excluding hydrogens is 210 g/mol. The summed E-state index contributed by atoms with van der Waals surface area (Å²) in [5.41, 5.74) is 0. The summed E-state index contributed by atoms with van der Waals surface area (Å²) >= 11 is 0. The van der Waals surface area contributed by atoms with Crippen LogP contribution in [0.2, 0.25) is 0 Å². The molecule has 4 heteroatoms. The zero-order valence-electron chi connectivity index (χ0n) is 10.4. The minimum absolute atomic E-state index is 0.244. The average Bonchev–Trinajstić information content (AvgIpc) is 2.19. The van der Waals surface area contributed by atoms with Gasteiger partial charge in [-0.1, -0.05) is 33.6 Å². The van der Waals surface area contributed by atoms with Crippen LogP contribution in [-0.4, -0.2) is 32.5 Å². The standard InChI is InChI=1S/C11H25NO2S/c1-5-11(6-2)10(4)12-8-9-15(13,14)7-3/h10-12H,5-9H2,1-4H3. The lowest BCUT2D eigenvalue weighted by Gasteiger charge is -2.22. The van der Waals surface area contributed by atoms with E-state index in [0.29, 0.717) is 18.5 Å². The molecule has 0 radical (unpaired) electrons. The zero-order chi connectivity index (χ0) is 11.9. The van der Waals surface area contributed by atoms with Crippen molar-refractivity contribution in [1.29, 1.82) is 0 Å². The molecule has 0 rings (SSSR count). The number of hydrogen-bond acceptors (Lipinski definition) is 3. The lowest BCUT2D eigenvalue weighted by Crippen LogP contribution is -2.36. The first-order valence-corrected chi connectivity index (χ1v) is 7.72. The summed E-state index contributed by atoms with van der Waals surface area (Å²) in [4.78, 5) is 0. The molecule has 0 aliphatic heterocycles. The van der Waals surface area contributed by atoms with Gasteiger partial charge in [-0.3, -0.25) is 0 Å². The summed E-state index contributed by atoms with van der Waals surface area (Å²) in [6.07, 6.45) is 2.29. The van der Waals surface area contributed by atoms with Gasteiger partial charge in [0, 0.05) is 18.3 Å². The van der Waals surface area contributed by atoms with E-state index in [0.717, 1.165) is 12.8 Å². The molecule has 1 unspecified atom stereocenters. The van der Waals surface area contributed by atoms with E-state index in [9.17, 15) is 8.42 Å². The summed E-state index contributed by atoms with van der Waals surface area (Å²) in [5.74, 6) is 1.15. The zero-order valence-corrected chi connectivity index (χ0v) is 11.2. The lowest BCUT2D eigenvalue weighted by molar-refractivity contribution is 0.360. The molecule has 1 N–H and O–H groups in total. The lowest BCUT2D eigenvalue weighted by atomic mass is 9.96. The first kappa shape index (κ1) is 14.9. The van der Waals surface area contributed by atoms with Gasteiger partial charge in [-0.25, -0.2) is 8.42 Å². The fraction of sp³-hybridized carbons (Fsp3) is 1.00. The minimum atomic E-state index is -2.82. The van der Waals surface area contributed by atoms with Gasteiger partial charge in [0.05, 0.1) is 5.75 Å². The van der Waals surface area contributed by atoms with Crippen molar-refractivity contribution in [2.75, 3.05) is 18.1 Å². The molecule has 0 saturated carbocycles. The van der Waals surface area contributed by atoms with Gasteiger partial charge in [-0.05, 0) is 12.8 Å². The SMILES string of the molecule is CCC(CC)C(C)NCCS(=O)(=O)CC. The second-order valence-corrected chi connectivity index (χ2v) is 6.53. The molecule has 0 amide bonds. The van der Waals surface area contributed by atoms with E-state index >= 15 is 0 Å². The van der Waals surface area contributed by atoms with Gasteiger partial charge < -0.3 is 5.32 Å². The molecule has 15 heavy (non-hydrogen) atoms. The summed E-state index contributed by atoms with van der Waals surface area (Å²) in [5, 5.41) is 3.30. The van der Waals surface area contributed by atoms with Crippen molar-refractivity contribution in [3.8, 4) is 0 Å². The average molecular weight is 235 g/mol. The fourth-order valence-corrected chi connectivity index (χ4v) is 2.47. The van der Waals surface area contributed by atoms with Gasteiger partial charge in [0.15, 0.2) is 9.84 Å². The van der Waals surface area contributed by atoms with Crippen molar-refractivity contribution in [2.24, 2.45) is 5.92 Å². The van der Waals surface area contributed by atoms with Crippen LogP contribution >= 0.6 is 0 Å². The second-order valence-electron chi connectivity index (χ2n) is 4.06. The Morgan fingerprint density at radius 1 is 1.13 bits per heavy atom. The normalized spacial score (nSPS) is 14.5. The molecule has 0 spiro atoms. The van der Waals surface area contributed by atoms with Crippen LogP contribution in [0.4, 0.5) is 0 Å². The van der Waals surface area contributed by atoms with Crippen molar-refractivity contribution in [1.82, 2.24) is 5.32 Å². The van der Waals surface area contributed by atoms with Gasteiger partial charge in [0.25, 0.3) is 0 Å². The molecule has 0 aliphatic rings. The number of rotatable bonds is 8. The maximum Gasteiger partial charge on any atom is 0.151 e. The predicted molar refractivity (Wildman–Crippen MR) is 65.9 cm³/mol. The summed E-state index contributed by atoms with van der Waals surface area (Å²) in [6, 6.07) is 0.409. The van der Waals surface area contributed by atoms with E-state index in [1.165, 1.54) is 0 Å². The Morgan fingerprint density at radius 3 is 2.07 bits per heavy atom. The van der Waals surface area contributed by atoms with Crippen LogP contribution in [0, 0.1) is 5.92 Å². The second kappa shape index (κ2) is 7.23. The molecule has 3 nitrogen and oxygen atoms in total. The molecular formula is C11H25NO2S. The maximum atomic E-state index is 11.2. The molecule has 0 bridgehead atoms. The van der Waals surface area contributed by atoms with Crippen molar-refractivity contribution in [3.05, 3.63) is 0 Å². The van der Waals surface area contributed by atoms with E-state index in [4.69, 9.17) is 0 Å². The maximum absolute atomic E-state index is 11.2. The highest BCUT2D eigenvalue weighted by atomic mass is 32.2. The van der Waals surface area contributed by atoms with Crippen LogP contribution in [0.5, 0.6) is 0 Å². The summed E-state index contributed by atoms with van der Waals surface area (Å²) < 4.78 is 22.5. The number of sulfone groups is 1. The molecule has 0 fully saturated rings. The van der Waals surface area contributed by atoms with Crippen LogP contribution in [0.1, 0.15) is 40.5 Å². The fourth-order valence-electron chi connectivity index (χ4n) is 1.75. The van der Waals surface area contributed by atoms with Crippen LogP contribution in [0.25, 0.3) is 0 Å². The quantitative estimate of drug-likeness (QED) is 0.698. The highest BCUT2D eigenvalue weighted by Gasteiger charge is 2.13. The first-order valence-electron chi connectivity index (χ1n) is 5.90. The van der Waals surface area contributed by atoms with Crippen molar-refractivity contribution < 1.29 is 8.42 Å². The molecule has 0 aromatic heterocycles. The van der Waals surface area contributed by atoms with E-state index in [2.05, 4.69) is 26.1 Å². The predicted octanol–water partition coefficient (Wildman–Crippen LogP) is 1.84. The Hall–Kier alpha value is -0.0900. The highest BCUT2D eigenvalue weighted by molar-refractivity contribution is 7.91. The van der Waals surface area contributed by atoms with Crippen LogP contribution in [0.15, 0.2) is 0 Å². The molecule has 92 valence electrons. The van der Waals surface area contributed by atoms with Crippen LogP contribution in [-0.2, 0) is 9.84 Å². The molecule has 1 atom stereocenters. The first-order chi connectivity index (χ1) is 6.96. The molecule has 0 heterocycles. The van der Waals surface area contributed by atoms with Crippen molar-refractivity contribution in [3.63, 3.8) is 0 Å². The van der Waals surface area contributed by atoms with Gasteiger partial charge >= 0.3 is 0 Å². The van der Waals surface area contributed by atoms with Gasteiger partial charge in [0.2, 0.25) is 0 Å². The van der Waals surface area contributed by atoms with Crippen LogP contribution in [0.3, 0.4) is 0 Å². The summed E-state index contributed by atoms with van der Waals surface area (Å²) in [6.45, 7) is 8.76. The van der Waals surface area contributed by atoms with Crippen molar-refractivity contribution >= 4 is 9.84 Å². The topological polar surface area (TPSA) is 46.2 Å². The van der Waals surface area contributed by atoms with Crippen LogP contribution < -0.4 is 5.32 Å². The number of nitrogens with one attached hydrogen (secondary N) is 1. The third-order valence-corrected chi connectivity index (χ3v) is 4.78. The molecule has 0 aromatic rings. The molecule has 0 saturated heterocycles. The van der Waals surface area contributed by atoms with E-state index in [1.54, 1.807) is 6.92 Å². The molecule has 0 aromatic carbocycles. The number of hydrogen-bond donors (Lipinski definition) is 1. The highest BCUT2D eigenvalue weighted by Crippen LogP contribution is 2.12. The molecule has 0 aliphatic carbocycles. The largest absolute Gasteiger partial charge is 0.313 e. The minimum Gasteiger partial charge on any atom is -0.313 e. The van der Waals surface area contributed by atoms with E-state index in [-0.39, 0.29) is 11.5 Å². The third-order valence-electron chi connectivity index (χ3n) is 3.08. The summed E-state index contributed by atoms with van der Waals surface area (Å²) in [7, 11) is -2.82. The van der Waals surface area contributed by atoms with E-state index in [1.807, 2.05) is 0 Å². The Bertz CT molecular complexity index is 245. The third kappa shape index (κ3) is 6.15. The van der Waals surface area contributed by atoms with Gasteiger partial charge in [-0.2, -0.15) is 0 Å². The van der Waals surface area contributed by atoms with Gasteiger partial charge in [0.1, 0.15) is 0 Å². The Morgan fingerprint density at radius 2 is 1.67 bits per heavy atom. The van der Waals surface area contributed by atoms with Gasteiger partial charge in [-0.15, -0.1) is 0 Å².